The van der Waals surface area contributed by atoms with Crippen LogP contribution in [-0.2, 0) is 4.79 Å². The van der Waals surface area contributed by atoms with Gasteiger partial charge in [-0.05, 0) is 45.2 Å². The van der Waals surface area contributed by atoms with Crippen LogP contribution in [0.2, 0.25) is 0 Å². The Labute approximate surface area is 100 Å². The van der Waals surface area contributed by atoms with E-state index in [9.17, 15) is 4.79 Å². The molecular weight excluding hydrogens is 198 g/mol. The Hall–Kier alpha value is -0.370. The Morgan fingerprint density at radius 1 is 1.44 bits per heavy atom. The van der Waals surface area contributed by atoms with Gasteiger partial charge in [0.15, 0.2) is 0 Å². The van der Waals surface area contributed by atoms with E-state index < -0.39 is 0 Å². The quantitative estimate of drug-likeness (QED) is 0.732. The van der Waals surface area contributed by atoms with E-state index in [2.05, 4.69) is 39.6 Å². The molecule has 0 aromatic heterocycles. The van der Waals surface area contributed by atoms with Crippen LogP contribution in [0.3, 0.4) is 0 Å². The number of Topliss-reactive ketones (excluding diaryl/α,β-unsaturated/α-hetero) is 1. The first kappa shape index (κ1) is 13.7. The SMILES string of the molecule is CC(N(C)CCC1CCCC1=O)C(C)(C)C. The number of nitrogens with zero attached hydrogens (tertiary/aromatic N) is 1. The van der Waals surface area contributed by atoms with Gasteiger partial charge in [-0.1, -0.05) is 20.8 Å². The predicted molar refractivity (Wildman–Crippen MR) is 68.5 cm³/mol. The van der Waals surface area contributed by atoms with Crippen LogP contribution in [0, 0.1) is 11.3 Å². The average Bonchev–Trinajstić information content (AvgIpc) is 2.58. The van der Waals surface area contributed by atoms with Crippen LogP contribution < -0.4 is 0 Å². The largest absolute Gasteiger partial charge is 0.303 e. The van der Waals surface area contributed by atoms with Crippen molar-refractivity contribution in [1.82, 2.24) is 4.90 Å². The maximum absolute atomic E-state index is 11.5. The van der Waals surface area contributed by atoms with Gasteiger partial charge in [-0.15, -0.1) is 0 Å². The number of hydrogen-bond acceptors (Lipinski definition) is 2. The van der Waals surface area contributed by atoms with Crippen molar-refractivity contribution in [3.8, 4) is 0 Å². The second-order valence-electron chi connectivity index (χ2n) is 6.37. The van der Waals surface area contributed by atoms with E-state index in [1.165, 1.54) is 0 Å². The summed E-state index contributed by atoms with van der Waals surface area (Å²) in [5, 5.41) is 0. The molecule has 1 aliphatic carbocycles. The standard InChI is InChI=1S/C14H27NO/c1-11(14(2,3)4)15(5)10-9-12-7-6-8-13(12)16/h11-12H,6-10H2,1-5H3. The molecule has 0 N–H and O–H groups in total. The van der Waals surface area contributed by atoms with Crippen molar-refractivity contribution in [1.29, 1.82) is 0 Å². The molecule has 0 bridgehead atoms. The third kappa shape index (κ3) is 3.58. The highest BCUT2D eigenvalue weighted by molar-refractivity contribution is 5.82. The summed E-state index contributed by atoms with van der Waals surface area (Å²) in [6, 6.07) is 0.559. The number of ketones is 1. The molecule has 1 saturated carbocycles. The summed E-state index contributed by atoms with van der Waals surface area (Å²) in [6.45, 7) is 10.1. The van der Waals surface area contributed by atoms with Crippen LogP contribution >= 0.6 is 0 Å². The highest BCUT2D eigenvalue weighted by Crippen LogP contribution is 2.27. The third-order valence-corrected chi connectivity index (χ3v) is 4.18. The molecule has 2 nitrogen and oxygen atoms in total. The van der Waals surface area contributed by atoms with E-state index in [4.69, 9.17) is 0 Å². The van der Waals surface area contributed by atoms with Crippen molar-refractivity contribution < 1.29 is 4.79 Å². The molecule has 0 saturated heterocycles. The Bertz CT molecular complexity index is 242. The van der Waals surface area contributed by atoms with Gasteiger partial charge in [0.25, 0.3) is 0 Å². The summed E-state index contributed by atoms with van der Waals surface area (Å²) >= 11 is 0. The summed E-state index contributed by atoms with van der Waals surface area (Å²) < 4.78 is 0. The third-order valence-electron chi connectivity index (χ3n) is 4.18. The van der Waals surface area contributed by atoms with Crippen molar-refractivity contribution in [2.45, 2.75) is 59.4 Å². The van der Waals surface area contributed by atoms with E-state index in [1.807, 2.05) is 0 Å². The van der Waals surface area contributed by atoms with Gasteiger partial charge in [-0.2, -0.15) is 0 Å². The van der Waals surface area contributed by atoms with Crippen molar-refractivity contribution >= 4 is 5.78 Å². The Morgan fingerprint density at radius 2 is 2.06 bits per heavy atom. The molecule has 1 fully saturated rings. The van der Waals surface area contributed by atoms with E-state index in [0.717, 1.165) is 32.2 Å². The molecule has 2 heteroatoms. The van der Waals surface area contributed by atoms with Crippen molar-refractivity contribution in [3.05, 3.63) is 0 Å². The number of carbonyl (C=O) groups excluding carboxylic acids is 1. The van der Waals surface area contributed by atoms with Gasteiger partial charge in [-0.3, -0.25) is 4.79 Å². The van der Waals surface area contributed by atoms with Crippen molar-refractivity contribution in [2.75, 3.05) is 13.6 Å². The fourth-order valence-electron chi connectivity index (χ4n) is 2.41. The van der Waals surface area contributed by atoms with Crippen LogP contribution in [0.1, 0.15) is 53.4 Å². The molecule has 0 aromatic carbocycles. The molecule has 2 atom stereocenters. The molecule has 94 valence electrons. The van der Waals surface area contributed by atoms with Gasteiger partial charge in [-0.25, -0.2) is 0 Å². The van der Waals surface area contributed by atoms with E-state index >= 15 is 0 Å². The van der Waals surface area contributed by atoms with Gasteiger partial charge in [0, 0.05) is 18.4 Å². The summed E-state index contributed by atoms with van der Waals surface area (Å²) in [7, 11) is 2.18. The lowest BCUT2D eigenvalue weighted by Crippen LogP contribution is -2.40. The summed E-state index contributed by atoms with van der Waals surface area (Å²) in [4.78, 5) is 13.9. The maximum Gasteiger partial charge on any atom is 0.136 e. The fourth-order valence-corrected chi connectivity index (χ4v) is 2.41. The molecule has 2 unspecified atom stereocenters. The van der Waals surface area contributed by atoms with Crippen LogP contribution in [-0.4, -0.2) is 30.3 Å². The average molecular weight is 225 g/mol. The lowest BCUT2D eigenvalue weighted by molar-refractivity contribution is -0.120. The van der Waals surface area contributed by atoms with Gasteiger partial charge in [0.05, 0.1) is 0 Å². The van der Waals surface area contributed by atoms with E-state index in [1.54, 1.807) is 0 Å². The predicted octanol–water partition coefficient (Wildman–Crippen LogP) is 3.11. The highest BCUT2D eigenvalue weighted by atomic mass is 16.1. The van der Waals surface area contributed by atoms with Gasteiger partial charge < -0.3 is 4.90 Å². The van der Waals surface area contributed by atoms with E-state index in [0.29, 0.717) is 23.2 Å². The summed E-state index contributed by atoms with van der Waals surface area (Å²) in [5.74, 6) is 0.853. The number of hydrogen-bond donors (Lipinski definition) is 0. The van der Waals surface area contributed by atoms with Gasteiger partial charge >= 0.3 is 0 Å². The number of carbonyl (C=O) groups is 1. The van der Waals surface area contributed by atoms with Crippen LogP contribution in [0.15, 0.2) is 0 Å². The normalized spacial score (nSPS) is 24.1. The number of rotatable bonds is 4. The molecular formula is C14H27NO. The van der Waals surface area contributed by atoms with Crippen LogP contribution in [0.25, 0.3) is 0 Å². The Balaban J connectivity index is 2.34. The lowest BCUT2D eigenvalue weighted by atomic mass is 9.87. The zero-order valence-electron chi connectivity index (χ0n) is 11.5. The minimum atomic E-state index is 0.314. The summed E-state index contributed by atoms with van der Waals surface area (Å²) in [5.41, 5.74) is 0.314. The second-order valence-corrected chi connectivity index (χ2v) is 6.37. The maximum atomic E-state index is 11.5. The monoisotopic (exact) mass is 225 g/mol. The molecule has 0 amide bonds. The molecule has 0 heterocycles. The molecule has 16 heavy (non-hydrogen) atoms. The first-order chi connectivity index (χ1) is 7.32. The summed E-state index contributed by atoms with van der Waals surface area (Å²) in [6.07, 6.45) is 4.11. The lowest BCUT2D eigenvalue weighted by Gasteiger charge is -2.35. The first-order valence-electron chi connectivity index (χ1n) is 6.55. The van der Waals surface area contributed by atoms with E-state index in [-0.39, 0.29) is 0 Å². The molecule has 0 aromatic rings. The Kier molecular flexibility index (Phi) is 4.54. The fraction of sp³-hybridized carbons (Fsp3) is 0.929. The molecule has 0 radical (unpaired) electrons. The topological polar surface area (TPSA) is 20.3 Å². The van der Waals surface area contributed by atoms with Gasteiger partial charge in [0.2, 0.25) is 0 Å². The zero-order chi connectivity index (χ0) is 12.3. The molecule has 0 spiro atoms. The second kappa shape index (κ2) is 5.31. The van der Waals surface area contributed by atoms with Crippen LogP contribution in [0.5, 0.6) is 0 Å². The van der Waals surface area contributed by atoms with Crippen molar-refractivity contribution in [2.24, 2.45) is 11.3 Å². The first-order valence-corrected chi connectivity index (χ1v) is 6.55. The molecule has 1 aliphatic rings. The van der Waals surface area contributed by atoms with Gasteiger partial charge in [0.1, 0.15) is 5.78 Å². The molecule has 1 rings (SSSR count). The van der Waals surface area contributed by atoms with Crippen LogP contribution in [0.4, 0.5) is 0 Å². The Morgan fingerprint density at radius 3 is 2.50 bits per heavy atom. The zero-order valence-corrected chi connectivity index (χ0v) is 11.5. The molecule has 0 aliphatic heterocycles. The van der Waals surface area contributed by atoms with Crippen molar-refractivity contribution in [3.63, 3.8) is 0 Å². The minimum Gasteiger partial charge on any atom is -0.303 e. The smallest absolute Gasteiger partial charge is 0.136 e. The minimum absolute atomic E-state index is 0.314. The highest BCUT2D eigenvalue weighted by Gasteiger charge is 2.27.